The molecule has 1 aromatic heterocycles. The predicted molar refractivity (Wildman–Crippen MR) is 111 cm³/mol. The topological polar surface area (TPSA) is 59.8 Å². The average Bonchev–Trinajstić information content (AvgIpc) is 3.01. The number of fused-ring (bicyclic) bond motifs is 2. The molecule has 4 atom stereocenters. The van der Waals surface area contributed by atoms with Gasteiger partial charge in [-0.3, -0.25) is 4.79 Å². The number of nitrogens with zero attached hydrogens (tertiary/aromatic N) is 3. The highest BCUT2D eigenvalue weighted by molar-refractivity contribution is 5.75. The van der Waals surface area contributed by atoms with Crippen LogP contribution in [-0.2, 0) is 9.53 Å². The van der Waals surface area contributed by atoms with Gasteiger partial charge in [-0.1, -0.05) is 18.1 Å². The van der Waals surface area contributed by atoms with Crippen LogP contribution in [0.5, 0.6) is 0 Å². The molecular weight excluding hydrogens is 364 g/mol. The Labute approximate surface area is 173 Å². The Morgan fingerprint density at radius 1 is 1.28 bits per heavy atom. The van der Waals surface area contributed by atoms with E-state index in [1.165, 1.54) is 24.2 Å². The van der Waals surface area contributed by atoms with Crippen LogP contribution in [0.2, 0.25) is 0 Å². The summed E-state index contributed by atoms with van der Waals surface area (Å²) in [5, 5.41) is 0. The molecule has 0 bridgehead atoms. The molecule has 156 valence electrons. The van der Waals surface area contributed by atoms with E-state index in [-0.39, 0.29) is 23.4 Å². The number of esters is 1. The van der Waals surface area contributed by atoms with Gasteiger partial charge in [0.05, 0.1) is 32.7 Å². The highest BCUT2D eigenvalue weighted by atomic mass is 16.6. The third kappa shape index (κ3) is 3.45. The Balaban J connectivity index is 1.25. The number of hydrogen-bond donors (Lipinski definition) is 1. The summed E-state index contributed by atoms with van der Waals surface area (Å²) in [5.41, 5.74) is 3.49. The normalized spacial score (nSPS) is 35.3. The van der Waals surface area contributed by atoms with Gasteiger partial charge in [-0.25, -0.2) is 9.97 Å². The molecular formula is C23H33N4O2+. The van der Waals surface area contributed by atoms with Crippen molar-refractivity contribution in [2.45, 2.75) is 52.1 Å². The van der Waals surface area contributed by atoms with Crippen molar-refractivity contribution in [3.63, 3.8) is 0 Å². The van der Waals surface area contributed by atoms with Crippen molar-refractivity contribution in [1.29, 1.82) is 0 Å². The van der Waals surface area contributed by atoms with Crippen LogP contribution >= 0.6 is 0 Å². The van der Waals surface area contributed by atoms with E-state index < -0.39 is 0 Å². The number of hydrogen-bond acceptors (Lipinski definition) is 5. The fourth-order valence-electron chi connectivity index (χ4n) is 6.34. The Kier molecular flexibility index (Phi) is 4.85. The lowest BCUT2D eigenvalue weighted by molar-refractivity contribution is -0.903. The van der Waals surface area contributed by atoms with Crippen LogP contribution in [0.1, 0.15) is 46.0 Å². The summed E-state index contributed by atoms with van der Waals surface area (Å²) in [4.78, 5) is 25.3. The molecule has 1 N–H and O–H groups in total. The minimum Gasteiger partial charge on any atom is -0.462 e. The minimum absolute atomic E-state index is 0.0568. The number of carbonyl (C=O) groups excluding carboxylic acids is 1. The number of aromatic nitrogens is 2. The maximum Gasteiger partial charge on any atom is 0.315 e. The fourth-order valence-corrected chi connectivity index (χ4v) is 6.34. The standard InChI is InChI=1S/C23H32N4O2/c1-16-5-3-6-23(2)14-20-17(13-19(16)23)18(21(28)29-20)15-26-9-11-27(12-10-26)22-24-7-4-8-25-22/h4,7-8,17-18,20H,3,5-6,9-15H2,1-2H3/p+1/t17-,18-,20-,23-/m1/s1. The molecule has 3 heterocycles. The number of nitrogens with one attached hydrogen (secondary N) is 1. The minimum atomic E-state index is 0.0568. The third-order valence-corrected chi connectivity index (χ3v) is 7.99. The number of allylic oxidation sites excluding steroid dienone is 2. The monoisotopic (exact) mass is 397 g/mol. The summed E-state index contributed by atoms with van der Waals surface area (Å²) < 4.78 is 5.95. The van der Waals surface area contributed by atoms with Crippen LogP contribution < -0.4 is 9.80 Å². The summed E-state index contributed by atoms with van der Waals surface area (Å²) in [6.07, 6.45) is 9.59. The molecule has 0 spiro atoms. The maximum absolute atomic E-state index is 12.8. The van der Waals surface area contributed by atoms with Crippen LogP contribution in [-0.4, -0.2) is 54.8 Å². The molecule has 6 nitrogen and oxygen atoms in total. The van der Waals surface area contributed by atoms with Gasteiger partial charge in [-0.15, -0.1) is 0 Å². The zero-order valence-corrected chi connectivity index (χ0v) is 17.7. The van der Waals surface area contributed by atoms with Crippen LogP contribution in [0.3, 0.4) is 0 Å². The molecule has 0 unspecified atom stereocenters. The summed E-state index contributed by atoms with van der Waals surface area (Å²) in [5.74, 6) is 1.31. The lowest BCUT2D eigenvalue weighted by Gasteiger charge is -2.45. The number of carbonyl (C=O) groups is 1. The quantitative estimate of drug-likeness (QED) is 0.621. The first-order valence-electron chi connectivity index (χ1n) is 11.3. The lowest BCUT2D eigenvalue weighted by atomic mass is 9.59. The van der Waals surface area contributed by atoms with Crippen LogP contribution in [0.15, 0.2) is 29.6 Å². The van der Waals surface area contributed by atoms with Gasteiger partial charge >= 0.3 is 5.97 Å². The Morgan fingerprint density at radius 3 is 2.79 bits per heavy atom. The number of rotatable bonds is 3. The molecule has 1 aromatic rings. The zero-order chi connectivity index (χ0) is 20.0. The molecule has 1 saturated carbocycles. The largest absolute Gasteiger partial charge is 0.462 e. The Hall–Kier alpha value is -1.95. The summed E-state index contributed by atoms with van der Waals surface area (Å²) in [6, 6.07) is 1.85. The second kappa shape index (κ2) is 7.38. The first kappa shape index (κ1) is 19.0. The van der Waals surface area contributed by atoms with Gasteiger partial charge in [0, 0.05) is 18.3 Å². The second-order valence-electron chi connectivity index (χ2n) is 9.82. The first-order chi connectivity index (χ1) is 14.0. The highest BCUT2D eigenvalue weighted by Crippen LogP contribution is 2.54. The Bertz CT molecular complexity index is 802. The van der Waals surface area contributed by atoms with Crippen molar-refractivity contribution in [1.82, 2.24) is 9.97 Å². The van der Waals surface area contributed by atoms with E-state index in [2.05, 4.69) is 28.7 Å². The van der Waals surface area contributed by atoms with Crippen molar-refractivity contribution in [3.8, 4) is 0 Å². The SMILES string of the molecule is CC1=C2C[C@H]3[C@@H](C[C@@]2(C)CCC1)OC(=O)[C@@H]3C[NH+]1CCN(c2ncccn2)CC1. The van der Waals surface area contributed by atoms with Crippen molar-refractivity contribution < 1.29 is 14.4 Å². The van der Waals surface area contributed by atoms with E-state index in [0.717, 1.165) is 51.5 Å². The number of piperazine rings is 1. The van der Waals surface area contributed by atoms with Crippen molar-refractivity contribution >= 4 is 11.9 Å². The molecule has 29 heavy (non-hydrogen) atoms. The molecule has 3 fully saturated rings. The molecule has 2 aliphatic carbocycles. The lowest BCUT2D eigenvalue weighted by Crippen LogP contribution is -3.15. The van der Waals surface area contributed by atoms with E-state index in [4.69, 9.17) is 4.74 Å². The molecule has 6 heteroatoms. The molecule has 4 aliphatic rings. The van der Waals surface area contributed by atoms with E-state index in [9.17, 15) is 4.79 Å². The third-order valence-electron chi connectivity index (χ3n) is 7.99. The second-order valence-corrected chi connectivity index (χ2v) is 9.82. The number of quaternary nitrogens is 1. The van der Waals surface area contributed by atoms with E-state index >= 15 is 0 Å². The maximum atomic E-state index is 12.8. The van der Waals surface area contributed by atoms with Crippen LogP contribution in [0, 0.1) is 17.3 Å². The van der Waals surface area contributed by atoms with E-state index in [1.807, 2.05) is 6.07 Å². The molecule has 5 rings (SSSR count). The molecule has 2 saturated heterocycles. The van der Waals surface area contributed by atoms with Gasteiger partial charge in [-0.2, -0.15) is 0 Å². The van der Waals surface area contributed by atoms with Gasteiger partial charge in [0.2, 0.25) is 5.95 Å². The molecule has 2 aliphatic heterocycles. The van der Waals surface area contributed by atoms with Gasteiger partial charge in [0.15, 0.2) is 0 Å². The van der Waals surface area contributed by atoms with Crippen molar-refractivity contribution in [2.24, 2.45) is 17.3 Å². The van der Waals surface area contributed by atoms with Gasteiger partial charge in [0.1, 0.15) is 12.0 Å². The van der Waals surface area contributed by atoms with Crippen molar-refractivity contribution in [3.05, 3.63) is 29.6 Å². The molecule has 0 radical (unpaired) electrons. The van der Waals surface area contributed by atoms with Crippen LogP contribution in [0.25, 0.3) is 0 Å². The molecule has 0 aromatic carbocycles. The summed E-state index contributed by atoms with van der Waals surface area (Å²) >= 11 is 0. The van der Waals surface area contributed by atoms with Gasteiger partial charge in [0.25, 0.3) is 0 Å². The van der Waals surface area contributed by atoms with E-state index in [1.54, 1.807) is 23.5 Å². The fraction of sp³-hybridized carbons (Fsp3) is 0.696. The average molecular weight is 398 g/mol. The predicted octanol–water partition coefficient (Wildman–Crippen LogP) is 1.64. The smallest absolute Gasteiger partial charge is 0.315 e. The van der Waals surface area contributed by atoms with Gasteiger partial charge in [-0.05, 0) is 50.5 Å². The number of ether oxygens (including phenoxy) is 1. The highest BCUT2D eigenvalue weighted by Gasteiger charge is 2.54. The van der Waals surface area contributed by atoms with E-state index in [0.29, 0.717) is 5.92 Å². The van der Waals surface area contributed by atoms with Crippen molar-refractivity contribution in [2.75, 3.05) is 37.6 Å². The van der Waals surface area contributed by atoms with Gasteiger partial charge < -0.3 is 14.5 Å². The number of anilines is 1. The summed E-state index contributed by atoms with van der Waals surface area (Å²) in [7, 11) is 0. The van der Waals surface area contributed by atoms with Crippen LogP contribution in [0.4, 0.5) is 5.95 Å². The Morgan fingerprint density at radius 2 is 2.03 bits per heavy atom. The first-order valence-corrected chi connectivity index (χ1v) is 11.3. The summed E-state index contributed by atoms with van der Waals surface area (Å²) in [6.45, 7) is 9.56. The zero-order valence-electron chi connectivity index (χ0n) is 17.7. The molecule has 0 amide bonds.